The fourth-order valence-corrected chi connectivity index (χ4v) is 1.18. The van der Waals surface area contributed by atoms with Crippen LogP contribution in [0.1, 0.15) is 12.5 Å². The maximum Gasteiger partial charge on any atom is 0.0833 e. The summed E-state index contributed by atoms with van der Waals surface area (Å²) in [7, 11) is 0. The highest BCUT2D eigenvalue weighted by atomic mass is 16.5. The first-order valence-corrected chi connectivity index (χ1v) is 5.16. The number of aliphatic hydroxyl groups is 1. The highest BCUT2D eigenvalue weighted by Gasteiger charge is 2.10. The Morgan fingerprint density at radius 3 is 2.67 bits per heavy atom. The smallest absolute Gasteiger partial charge is 0.0833 e. The third-order valence-corrected chi connectivity index (χ3v) is 2.38. The van der Waals surface area contributed by atoms with Gasteiger partial charge in [0, 0.05) is 5.92 Å². The Hall–Kier alpha value is -1.12. The van der Waals surface area contributed by atoms with Crippen LogP contribution in [-0.2, 0) is 11.3 Å². The molecule has 0 aliphatic carbocycles. The van der Waals surface area contributed by atoms with Crippen LogP contribution in [0.4, 0.5) is 0 Å². The predicted molar refractivity (Wildman–Crippen MR) is 61.5 cm³/mol. The van der Waals surface area contributed by atoms with Crippen LogP contribution >= 0.6 is 0 Å². The molecule has 0 saturated carbocycles. The fraction of sp³-hybridized carbons (Fsp3) is 0.385. The molecule has 2 atom stereocenters. The molecule has 0 spiro atoms. The minimum Gasteiger partial charge on any atom is -0.390 e. The van der Waals surface area contributed by atoms with Crippen molar-refractivity contribution in [3.8, 4) is 0 Å². The van der Waals surface area contributed by atoms with E-state index in [9.17, 15) is 5.11 Å². The zero-order valence-corrected chi connectivity index (χ0v) is 9.10. The molecule has 82 valence electrons. The van der Waals surface area contributed by atoms with Gasteiger partial charge in [-0.15, -0.1) is 6.58 Å². The van der Waals surface area contributed by atoms with Crippen molar-refractivity contribution in [3.05, 3.63) is 48.6 Å². The molecule has 2 nitrogen and oxygen atoms in total. The fourth-order valence-electron chi connectivity index (χ4n) is 1.18. The van der Waals surface area contributed by atoms with Crippen LogP contribution in [0.25, 0.3) is 0 Å². The van der Waals surface area contributed by atoms with Gasteiger partial charge in [-0.2, -0.15) is 0 Å². The Morgan fingerprint density at radius 2 is 2.07 bits per heavy atom. The van der Waals surface area contributed by atoms with Crippen molar-refractivity contribution in [3.63, 3.8) is 0 Å². The molecule has 0 aliphatic heterocycles. The van der Waals surface area contributed by atoms with Gasteiger partial charge >= 0.3 is 0 Å². The van der Waals surface area contributed by atoms with Crippen LogP contribution in [0.3, 0.4) is 0 Å². The average molecular weight is 206 g/mol. The Balaban J connectivity index is 2.25. The molecular formula is C13H18O2. The van der Waals surface area contributed by atoms with E-state index >= 15 is 0 Å². The maximum atomic E-state index is 9.60. The summed E-state index contributed by atoms with van der Waals surface area (Å²) in [5.74, 6) is 0.0702. The minimum absolute atomic E-state index is 0.0702. The molecule has 2 heteroatoms. The lowest BCUT2D eigenvalue weighted by Crippen LogP contribution is -2.22. The molecule has 1 aromatic carbocycles. The molecule has 1 N–H and O–H groups in total. The number of rotatable bonds is 6. The van der Waals surface area contributed by atoms with E-state index in [0.717, 1.165) is 5.56 Å². The second kappa shape index (κ2) is 6.38. The number of ether oxygens (including phenoxy) is 1. The van der Waals surface area contributed by atoms with Crippen molar-refractivity contribution in [1.29, 1.82) is 0 Å². The van der Waals surface area contributed by atoms with E-state index in [2.05, 4.69) is 6.58 Å². The van der Waals surface area contributed by atoms with Crippen LogP contribution in [0.15, 0.2) is 43.0 Å². The molecule has 0 saturated heterocycles. The highest BCUT2D eigenvalue weighted by Crippen LogP contribution is 2.06. The molecule has 15 heavy (non-hydrogen) atoms. The van der Waals surface area contributed by atoms with Crippen LogP contribution in [0.2, 0.25) is 0 Å². The number of aliphatic hydroxyl groups excluding tert-OH is 1. The normalized spacial score (nSPS) is 14.5. The molecule has 0 aromatic heterocycles. The highest BCUT2D eigenvalue weighted by molar-refractivity contribution is 5.13. The van der Waals surface area contributed by atoms with Gasteiger partial charge < -0.3 is 9.84 Å². The molecule has 1 aromatic rings. The van der Waals surface area contributed by atoms with Gasteiger partial charge in [-0.25, -0.2) is 0 Å². The van der Waals surface area contributed by atoms with Crippen molar-refractivity contribution in [2.75, 3.05) is 6.61 Å². The van der Waals surface area contributed by atoms with Crippen LogP contribution in [0, 0.1) is 5.92 Å². The van der Waals surface area contributed by atoms with Crippen molar-refractivity contribution in [1.82, 2.24) is 0 Å². The minimum atomic E-state index is -0.466. The van der Waals surface area contributed by atoms with Crippen LogP contribution in [-0.4, -0.2) is 17.8 Å². The molecule has 0 aliphatic rings. The lowest BCUT2D eigenvalue weighted by atomic mass is 10.1. The lowest BCUT2D eigenvalue weighted by Gasteiger charge is -2.15. The van der Waals surface area contributed by atoms with Gasteiger partial charge in [0.25, 0.3) is 0 Å². The molecule has 0 bridgehead atoms. The number of benzene rings is 1. The lowest BCUT2D eigenvalue weighted by molar-refractivity contribution is 0.0118. The predicted octanol–water partition coefficient (Wildman–Crippen LogP) is 2.39. The first-order valence-electron chi connectivity index (χ1n) is 5.16. The van der Waals surface area contributed by atoms with Gasteiger partial charge in [0.2, 0.25) is 0 Å². The maximum absolute atomic E-state index is 9.60. The molecule has 0 heterocycles. The third kappa shape index (κ3) is 4.28. The first-order chi connectivity index (χ1) is 7.24. The third-order valence-electron chi connectivity index (χ3n) is 2.38. The monoisotopic (exact) mass is 206 g/mol. The molecule has 1 rings (SSSR count). The number of hydrogen-bond acceptors (Lipinski definition) is 2. The molecule has 0 radical (unpaired) electrons. The van der Waals surface area contributed by atoms with E-state index in [1.807, 2.05) is 37.3 Å². The molecule has 0 fully saturated rings. The van der Waals surface area contributed by atoms with Crippen LogP contribution < -0.4 is 0 Å². The largest absolute Gasteiger partial charge is 0.390 e. The average Bonchev–Trinajstić information content (AvgIpc) is 2.29. The van der Waals surface area contributed by atoms with Crippen molar-refractivity contribution in [2.24, 2.45) is 5.92 Å². The SMILES string of the molecule is C=C[C@@H](C)[C@@H](O)COCc1ccccc1. The summed E-state index contributed by atoms with van der Waals surface area (Å²) < 4.78 is 5.41. The van der Waals surface area contributed by atoms with Gasteiger partial charge in [-0.1, -0.05) is 43.3 Å². The molecular weight excluding hydrogens is 188 g/mol. The van der Waals surface area contributed by atoms with Gasteiger partial charge in [-0.05, 0) is 5.56 Å². The van der Waals surface area contributed by atoms with E-state index < -0.39 is 6.10 Å². The molecule has 0 unspecified atom stereocenters. The van der Waals surface area contributed by atoms with E-state index in [4.69, 9.17) is 4.74 Å². The topological polar surface area (TPSA) is 29.5 Å². The van der Waals surface area contributed by atoms with Crippen molar-refractivity contribution >= 4 is 0 Å². The Labute approximate surface area is 91.2 Å². The van der Waals surface area contributed by atoms with E-state index in [1.165, 1.54) is 0 Å². The summed E-state index contributed by atoms with van der Waals surface area (Å²) >= 11 is 0. The summed E-state index contributed by atoms with van der Waals surface area (Å²) in [6.45, 7) is 6.45. The van der Waals surface area contributed by atoms with E-state index in [-0.39, 0.29) is 5.92 Å². The summed E-state index contributed by atoms with van der Waals surface area (Å²) in [5.41, 5.74) is 1.12. The summed E-state index contributed by atoms with van der Waals surface area (Å²) in [4.78, 5) is 0. The number of hydrogen-bond donors (Lipinski definition) is 1. The standard InChI is InChI=1S/C13H18O2/c1-3-11(2)13(14)10-15-9-12-7-5-4-6-8-12/h3-8,11,13-14H,1,9-10H2,2H3/t11-,13+/m1/s1. The van der Waals surface area contributed by atoms with Crippen LogP contribution in [0.5, 0.6) is 0 Å². The summed E-state index contributed by atoms with van der Waals surface area (Å²) in [5, 5.41) is 9.60. The Morgan fingerprint density at radius 1 is 1.40 bits per heavy atom. The van der Waals surface area contributed by atoms with Gasteiger partial charge in [0.1, 0.15) is 0 Å². The van der Waals surface area contributed by atoms with E-state index in [0.29, 0.717) is 13.2 Å². The van der Waals surface area contributed by atoms with Crippen molar-refractivity contribution < 1.29 is 9.84 Å². The Kier molecular flexibility index (Phi) is 5.08. The molecule has 0 amide bonds. The Bertz CT molecular complexity index is 282. The van der Waals surface area contributed by atoms with Gasteiger partial charge in [-0.3, -0.25) is 0 Å². The zero-order valence-electron chi connectivity index (χ0n) is 9.10. The summed E-state index contributed by atoms with van der Waals surface area (Å²) in [6, 6.07) is 9.92. The zero-order chi connectivity index (χ0) is 11.1. The van der Waals surface area contributed by atoms with Crippen molar-refractivity contribution in [2.45, 2.75) is 19.6 Å². The summed E-state index contributed by atoms with van der Waals surface area (Å²) in [6.07, 6.45) is 1.27. The van der Waals surface area contributed by atoms with E-state index in [1.54, 1.807) is 6.08 Å². The second-order valence-corrected chi connectivity index (χ2v) is 3.66. The quantitative estimate of drug-likeness (QED) is 0.724. The van der Waals surface area contributed by atoms with Gasteiger partial charge in [0.05, 0.1) is 19.3 Å². The van der Waals surface area contributed by atoms with Gasteiger partial charge in [0.15, 0.2) is 0 Å². The second-order valence-electron chi connectivity index (χ2n) is 3.66. The first kappa shape index (κ1) is 12.0.